The number of methoxy groups -OCH3 is 1. The maximum absolute atomic E-state index is 13.1. The van der Waals surface area contributed by atoms with E-state index in [2.05, 4.69) is 9.72 Å². The van der Waals surface area contributed by atoms with Crippen molar-refractivity contribution in [3.63, 3.8) is 0 Å². The molecule has 3 rings (SSSR count). The highest BCUT2D eigenvalue weighted by molar-refractivity contribution is 6.31. The van der Waals surface area contributed by atoms with Gasteiger partial charge in [-0.1, -0.05) is 17.7 Å². The third-order valence-corrected chi connectivity index (χ3v) is 4.63. The molecule has 0 atom stereocenters. The van der Waals surface area contributed by atoms with E-state index in [4.69, 9.17) is 16.3 Å². The molecule has 7 nitrogen and oxygen atoms in total. The van der Waals surface area contributed by atoms with Gasteiger partial charge in [0.2, 0.25) is 5.88 Å². The van der Waals surface area contributed by atoms with Crippen molar-refractivity contribution in [1.82, 2.24) is 9.38 Å². The minimum absolute atomic E-state index is 0.0392. The van der Waals surface area contributed by atoms with Crippen molar-refractivity contribution in [2.24, 2.45) is 0 Å². The first-order chi connectivity index (χ1) is 13.8. The van der Waals surface area contributed by atoms with Crippen LogP contribution < -0.4 is 10.3 Å². The number of aryl methyl sites for hydroxylation is 2. The minimum Gasteiger partial charge on any atom is -0.465 e. The largest absolute Gasteiger partial charge is 0.465 e. The smallest absolute Gasteiger partial charge is 0.348 e. The maximum Gasteiger partial charge on any atom is 0.348 e. The number of benzene rings is 1. The van der Waals surface area contributed by atoms with E-state index in [1.54, 1.807) is 36.5 Å². The van der Waals surface area contributed by atoms with E-state index in [0.29, 0.717) is 16.4 Å². The van der Waals surface area contributed by atoms with Crippen LogP contribution in [0.25, 0.3) is 11.7 Å². The van der Waals surface area contributed by atoms with Crippen molar-refractivity contribution in [1.29, 1.82) is 5.26 Å². The quantitative estimate of drug-likeness (QED) is 0.369. The second kappa shape index (κ2) is 8.17. The summed E-state index contributed by atoms with van der Waals surface area (Å²) in [5.74, 6) is -0.500. The number of fused-ring (bicyclic) bond motifs is 1. The summed E-state index contributed by atoms with van der Waals surface area (Å²) >= 11 is 6.06. The molecule has 0 spiro atoms. The number of esters is 1. The SMILES string of the molecule is COC(=O)C(C#N)=Cc1c(Oc2ccc(Cl)c(C)c2)nc2c(C)cccn2c1=O. The molecule has 2 aromatic heterocycles. The number of hydrogen-bond acceptors (Lipinski definition) is 6. The van der Waals surface area contributed by atoms with E-state index in [0.717, 1.165) is 24.3 Å². The Morgan fingerprint density at radius 3 is 2.69 bits per heavy atom. The standard InChI is InChI=1S/C21H16ClN3O4/c1-12-5-4-8-25-18(12)24-19(29-15-6-7-17(22)13(2)9-15)16(20(25)26)10-14(11-23)21(27)28-3/h4-10H,1-3H3. The minimum atomic E-state index is -0.866. The van der Waals surface area contributed by atoms with Crippen LogP contribution in [0.3, 0.4) is 0 Å². The van der Waals surface area contributed by atoms with Crippen molar-refractivity contribution in [2.75, 3.05) is 7.11 Å². The topological polar surface area (TPSA) is 93.7 Å². The second-order valence-corrected chi connectivity index (χ2v) is 6.60. The zero-order valence-electron chi connectivity index (χ0n) is 15.9. The molecule has 0 fully saturated rings. The number of pyridine rings is 1. The Bertz CT molecular complexity index is 1260. The van der Waals surface area contributed by atoms with Crippen LogP contribution in [0.1, 0.15) is 16.7 Å². The van der Waals surface area contributed by atoms with Gasteiger partial charge in [-0.05, 0) is 55.3 Å². The molecule has 29 heavy (non-hydrogen) atoms. The monoisotopic (exact) mass is 409 g/mol. The molecule has 0 aliphatic carbocycles. The van der Waals surface area contributed by atoms with Crippen molar-refractivity contribution in [3.05, 3.63) is 74.2 Å². The lowest BCUT2D eigenvalue weighted by atomic mass is 10.2. The van der Waals surface area contributed by atoms with E-state index in [1.165, 1.54) is 4.40 Å². The highest BCUT2D eigenvalue weighted by Gasteiger charge is 2.18. The lowest BCUT2D eigenvalue weighted by Gasteiger charge is -2.12. The van der Waals surface area contributed by atoms with Gasteiger partial charge in [-0.3, -0.25) is 9.20 Å². The van der Waals surface area contributed by atoms with Crippen LogP contribution in [-0.2, 0) is 9.53 Å². The molecule has 0 amide bonds. The number of carbonyl (C=O) groups is 1. The Balaban J connectivity index is 2.28. The molecule has 1 aromatic carbocycles. The number of carbonyl (C=O) groups excluding carboxylic acids is 1. The Kier molecular flexibility index (Phi) is 5.66. The molecule has 0 unspecified atom stereocenters. The fraction of sp³-hybridized carbons (Fsp3) is 0.143. The van der Waals surface area contributed by atoms with E-state index < -0.39 is 11.5 Å². The first-order valence-electron chi connectivity index (χ1n) is 8.51. The summed E-state index contributed by atoms with van der Waals surface area (Å²) < 4.78 is 11.8. The predicted molar refractivity (Wildman–Crippen MR) is 108 cm³/mol. The molecule has 0 saturated heterocycles. The van der Waals surface area contributed by atoms with Crippen LogP contribution in [0, 0.1) is 25.2 Å². The van der Waals surface area contributed by atoms with Gasteiger partial charge >= 0.3 is 5.97 Å². The first-order valence-corrected chi connectivity index (χ1v) is 8.89. The first kappa shape index (κ1) is 20.1. The molecular weight excluding hydrogens is 394 g/mol. The molecule has 0 saturated carbocycles. The summed E-state index contributed by atoms with van der Waals surface area (Å²) in [6.45, 7) is 3.62. The highest BCUT2D eigenvalue weighted by Crippen LogP contribution is 2.27. The average molecular weight is 410 g/mol. The van der Waals surface area contributed by atoms with Gasteiger partial charge in [0.05, 0.1) is 7.11 Å². The molecule has 0 bridgehead atoms. The van der Waals surface area contributed by atoms with E-state index in [1.807, 2.05) is 19.9 Å². The Labute approximate surface area is 171 Å². The summed E-state index contributed by atoms with van der Waals surface area (Å²) in [5.41, 5.74) is 1.04. The molecule has 0 N–H and O–H groups in total. The van der Waals surface area contributed by atoms with Gasteiger partial charge in [-0.25, -0.2) is 4.79 Å². The Morgan fingerprint density at radius 2 is 2.03 bits per heavy atom. The van der Waals surface area contributed by atoms with Crippen molar-refractivity contribution in [3.8, 4) is 17.7 Å². The normalized spacial score (nSPS) is 11.2. The lowest BCUT2D eigenvalue weighted by molar-refractivity contribution is -0.135. The van der Waals surface area contributed by atoms with Gasteiger partial charge in [0.15, 0.2) is 0 Å². The zero-order chi connectivity index (χ0) is 21.1. The van der Waals surface area contributed by atoms with Gasteiger partial charge in [-0.15, -0.1) is 0 Å². The number of aromatic nitrogens is 2. The van der Waals surface area contributed by atoms with Gasteiger partial charge < -0.3 is 9.47 Å². The molecule has 2 heterocycles. The van der Waals surface area contributed by atoms with Crippen LogP contribution in [0.2, 0.25) is 5.02 Å². The Morgan fingerprint density at radius 1 is 1.28 bits per heavy atom. The molecule has 146 valence electrons. The molecule has 0 aliphatic rings. The number of hydrogen-bond donors (Lipinski definition) is 0. The maximum atomic E-state index is 13.1. The van der Waals surface area contributed by atoms with Crippen LogP contribution in [-0.4, -0.2) is 22.5 Å². The van der Waals surface area contributed by atoms with Crippen molar-refractivity contribution < 1.29 is 14.3 Å². The highest BCUT2D eigenvalue weighted by atomic mass is 35.5. The van der Waals surface area contributed by atoms with Gasteiger partial charge in [0, 0.05) is 11.2 Å². The lowest BCUT2D eigenvalue weighted by Crippen LogP contribution is -2.20. The number of nitrogens with zero attached hydrogens (tertiary/aromatic N) is 3. The van der Waals surface area contributed by atoms with E-state index in [-0.39, 0.29) is 17.0 Å². The summed E-state index contributed by atoms with van der Waals surface area (Å²) in [7, 11) is 1.15. The van der Waals surface area contributed by atoms with Gasteiger partial charge in [0.1, 0.15) is 28.6 Å². The second-order valence-electron chi connectivity index (χ2n) is 6.20. The van der Waals surface area contributed by atoms with Crippen molar-refractivity contribution >= 4 is 29.3 Å². The molecular formula is C21H16ClN3O4. The summed E-state index contributed by atoms with van der Waals surface area (Å²) in [6, 6.07) is 10.2. The van der Waals surface area contributed by atoms with Crippen molar-refractivity contribution in [2.45, 2.75) is 13.8 Å². The van der Waals surface area contributed by atoms with Crippen LogP contribution in [0.4, 0.5) is 0 Å². The van der Waals surface area contributed by atoms with Gasteiger partial charge in [-0.2, -0.15) is 10.2 Å². The molecule has 8 heteroatoms. The van der Waals surface area contributed by atoms with Crippen LogP contribution in [0.15, 0.2) is 46.9 Å². The summed E-state index contributed by atoms with van der Waals surface area (Å²) in [5, 5.41) is 9.85. The zero-order valence-corrected chi connectivity index (χ0v) is 16.6. The fourth-order valence-corrected chi connectivity index (χ4v) is 2.79. The predicted octanol–water partition coefficient (Wildman–Crippen LogP) is 3.84. The number of nitriles is 1. The number of rotatable bonds is 4. The molecule has 0 aliphatic heterocycles. The third kappa shape index (κ3) is 3.98. The fourth-order valence-electron chi connectivity index (χ4n) is 2.68. The number of ether oxygens (including phenoxy) is 2. The van der Waals surface area contributed by atoms with Crippen LogP contribution in [0.5, 0.6) is 11.6 Å². The van der Waals surface area contributed by atoms with E-state index >= 15 is 0 Å². The van der Waals surface area contributed by atoms with Crippen LogP contribution >= 0.6 is 11.6 Å². The average Bonchev–Trinajstić information content (AvgIpc) is 2.71. The Hall–Kier alpha value is -3.63. The molecule has 3 aromatic rings. The number of halogens is 1. The van der Waals surface area contributed by atoms with E-state index in [9.17, 15) is 14.9 Å². The molecule has 0 radical (unpaired) electrons. The summed E-state index contributed by atoms with van der Waals surface area (Å²) in [4.78, 5) is 29.4. The summed E-state index contributed by atoms with van der Waals surface area (Å²) in [6.07, 6.45) is 2.67. The van der Waals surface area contributed by atoms with Gasteiger partial charge in [0.25, 0.3) is 5.56 Å². The third-order valence-electron chi connectivity index (χ3n) is 4.21.